The van der Waals surface area contributed by atoms with Crippen LogP contribution >= 0.6 is 0 Å². The lowest BCUT2D eigenvalue weighted by Crippen LogP contribution is -1.87. The van der Waals surface area contributed by atoms with Crippen molar-refractivity contribution in [1.29, 1.82) is 0 Å². The number of rotatable bonds is 3. The number of aromatic nitrogens is 2. The van der Waals surface area contributed by atoms with Crippen molar-refractivity contribution in [3.63, 3.8) is 0 Å². The minimum atomic E-state index is 0.0704. The van der Waals surface area contributed by atoms with Crippen LogP contribution in [0.25, 0.3) is 22.4 Å². The summed E-state index contributed by atoms with van der Waals surface area (Å²) in [7, 11) is 3.13. The van der Waals surface area contributed by atoms with Crippen molar-refractivity contribution in [1.82, 2.24) is 9.97 Å². The van der Waals surface area contributed by atoms with Gasteiger partial charge < -0.3 is 19.6 Å². The third-order valence-corrected chi connectivity index (χ3v) is 3.16. The van der Waals surface area contributed by atoms with Gasteiger partial charge in [0.25, 0.3) is 0 Å². The minimum Gasteiger partial charge on any atom is -0.504 e. The number of hydrogen-bond acceptors (Lipinski definition) is 4. The maximum absolute atomic E-state index is 10.2. The van der Waals surface area contributed by atoms with Crippen molar-refractivity contribution in [2.24, 2.45) is 0 Å². The standard InChI is InChI=1S/C15H14N2O3/c1-19-9-6-7-11-12(8-9)17-15(16-11)10-4-3-5-13(20-2)14(10)18/h3-8,18H,1-2H3,(H,16,17). The van der Waals surface area contributed by atoms with Crippen LogP contribution in [0.15, 0.2) is 36.4 Å². The number of nitrogens with zero attached hydrogens (tertiary/aromatic N) is 1. The molecule has 2 aromatic carbocycles. The highest BCUT2D eigenvalue weighted by Gasteiger charge is 2.13. The van der Waals surface area contributed by atoms with E-state index in [4.69, 9.17) is 9.47 Å². The molecule has 0 aliphatic carbocycles. The number of imidazole rings is 1. The summed E-state index contributed by atoms with van der Waals surface area (Å²) < 4.78 is 10.3. The minimum absolute atomic E-state index is 0.0704. The Balaban J connectivity index is 2.15. The number of nitrogens with one attached hydrogen (secondary N) is 1. The Labute approximate surface area is 115 Å². The number of phenols is 1. The van der Waals surface area contributed by atoms with Gasteiger partial charge in [-0.2, -0.15) is 0 Å². The topological polar surface area (TPSA) is 67.4 Å². The fourth-order valence-electron chi connectivity index (χ4n) is 2.12. The first kappa shape index (κ1) is 12.3. The van der Waals surface area contributed by atoms with Gasteiger partial charge >= 0.3 is 0 Å². The van der Waals surface area contributed by atoms with Crippen molar-refractivity contribution >= 4 is 11.0 Å². The summed E-state index contributed by atoms with van der Waals surface area (Å²) in [6.07, 6.45) is 0. The zero-order valence-corrected chi connectivity index (χ0v) is 11.2. The summed E-state index contributed by atoms with van der Waals surface area (Å²) in [5.74, 6) is 1.83. The summed E-state index contributed by atoms with van der Waals surface area (Å²) in [4.78, 5) is 7.64. The van der Waals surface area contributed by atoms with Gasteiger partial charge in [0.15, 0.2) is 11.5 Å². The number of hydrogen-bond donors (Lipinski definition) is 2. The van der Waals surface area contributed by atoms with Gasteiger partial charge in [0, 0.05) is 6.07 Å². The van der Waals surface area contributed by atoms with Crippen molar-refractivity contribution in [2.75, 3.05) is 14.2 Å². The molecule has 0 saturated heterocycles. The molecule has 0 unspecified atom stereocenters. The van der Waals surface area contributed by atoms with Crippen LogP contribution in [0.2, 0.25) is 0 Å². The molecule has 5 nitrogen and oxygen atoms in total. The zero-order valence-electron chi connectivity index (χ0n) is 11.2. The largest absolute Gasteiger partial charge is 0.504 e. The van der Waals surface area contributed by atoms with Gasteiger partial charge in [0.05, 0.1) is 30.8 Å². The highest BCUT2D eigenvalue weighted by Crippen LogP contribution is 2.36. The fraction of sp³-hybridized carbons (Fsp3) is 0.133. The third-order valence-electron chi connectivity index (χ3n) is 3.16. The molecule has 1 heterocycles. The molecule has 3 aromatic rings. The Hall–Kier alpha value is -2.69. The Bertz CT molecular complexity index is 765. The second-order valence-electron chi connectivity index (χ2n) is 4.32. The predicted octanol–water partition coefficient (Wildman–Crippen LogP) is 2.95. The van der Waals surface area contributed by atoms with E-state index < -0.39 is 0 Å². The van der Waals surface area contributed by atoms with Gasteiger partial charge in [-0.15, -0.1) is 0 Å². The van der Waals surface area contributed by atoms with E-state index in [1.807, 2.05) is 24.3 Å². The number of phenolic OH excluding ortho intramolecular Hbond substituents is 1. The second kappa shape index (κ2) is 4.77. The lowest BCUT2D eigenvalue weighted by Gasteiger charge is -2.06. The number of ether oxygens (including phenoxy) is 2. The smallest absolute Gasteiger partial charge is 0.168 e. The first-order valence-corrected chi connectivity index (χ1v) is 6.13. The second-order valence-corrected chi connectivity index (χ2v) is 4.32. The monoisotopic (exact) mass is 270 g/mol. The Morgan fingerprint density at radius 3 is 2.70 bits per heavy atom. The zero-order chi connectivity index (χ0) is 14.1. The summed E-state index contributed by atoms with van der Waals surface area (Å²) in [6, 6.07) is 10.9. The lowest BCUT2D eigenvalue weighted by molar-refractivity contribution is 0.374. The summed E-state index contributed by atoms with van der Waals surface area (Å²) >= 11 is 0. The molecule has 1 aromatic heterocycles. The average Bonchev–Trinajstić information content (AvgIpc) is 2.89. The van der Waals surface area contributed by atoms with Gasteiger partial charge in [-0.3, -0.25) is 0 Å². The molecular weight excluding hydrogens is 256 g/mol. The van der Waals surface area contributed by atoms with Gasteiger partial charge in [0.2, 0.25) is 0 Å². The van der Waals surface area contributed by atoms with E-state index in [0.29, 0.717) is 17.1 Å². The van der Waals surface area contributed by atoms with Crippen molar-refractivity contribution < 1.29 is 14.6 Å². The number of benzene rings is 2. The van der Waals surface area contributed by atoms with E-state index in [2.05, 4.69) is 9.97 Å². The van der Waals surface area contributed by atoms with E-state index in [0.717, 1.165) is 16.8 Å². The maximum atomic E-state index is 10.2. The molecule has 5 heteroatoms. The van der Waals surface area contributed by atoms with Crippen LogP contribution in [0.4, 0.5) is 0 Å². The molecule has 0 bridgehead atoms. The Morgan fingerprint density at radius 1 is 1.10 bits per heavy atom. The van der Waals surface area contributed by atoms with Crippen LogP contribution in [0.3, 0.4) is 0 Å². The summed E-state index contributed by atoms with van der Waals surface area (Å²) in [5.41, 5.74) is 2.25. The maximum Gasteiger partial charge on any atom is 0.168 e. The number of methoxy groups -OCH3 is 2. The molecule has 0 fully saturated rings. The number of H-pyrrole nitrogens is 1. The SMILES string of the molecule is COc1ccc2nc(-c3cccc(OC)c3O)[nH]c2c1. The van der Waals surface area contributed by atoms with Crippen molar-refractivity contribution in [2.45, 2.75) is 0 Å². The lowest BCUT2D eigenvalue weighted by atomic mass is 10.2. The molecule has 0 aliphatic rings. The van der Waals surface area contributed by atoms with Crippen LogP contribution in [-0.4, -0.2) is 29.3 Å². The molecule has 0 atom stereocenters. The van der Waals surface area contributed by atoms with Gasteiger partial charge in [-0.25, -0.2) is 4.98 Å². The molecule has 2 N–H and O–H groups in total. The molecule has 0 spiro atoms. The number of aromatic hydroxyl groups is 1. The molecule has 0 saturated carbocycles. The molecule has 0 amide bonds. The number of aromatic amines is 1. The van der Waals surface area contributed by atoms with Crippen molar-refractivity contribution in [3.8, 4) is 28.6 Å². The average molecular weight is 270 g/mol. The first-order valence-electron chi connectivity index (χ1n) is 6.13. The van der Waals surface area contributed by atoms with E-state index in [1.54, 1.807) is 19.2 Å². The van der Waals surface area contributed by atoms with E-state index in [-0.39, 0.29) is 5.75 Å². The molecule has 0 radical (unpaired) electrons. The third kappa shape index (κ3) is 1.93. The molecule has 3 rings (SSSR count). The van der Waals surface area contributed by atoms with Crippen LogP contribution in [0.1, 0.15) is 0 Å². The van der Waals surface area contributed by atoms with Crippen LogP contribution in [0, 0.1) is 0 Å². The Morgan fingerprint density at radius 2 is 1.95 bits per heavy atom. The fourth-order valence-corrected chi connectivity index (χ4v) is 2.12. The first-order chi connectivity index (χ1) is 9.72. The highest BCUT2D eigenvalue weighted by molar-refractivity contribution is 5.82. The molecule has 20 heavy (non-hydrogen) atoms. The predicted molar refractivity (Wildman–Crippen MR) is 76.3 cm³/mol. The molecule has 0 aliphatic heterocycles. The Kier molecular flexibility index (Phi) is 2.95. The normalized spacial score (nSPS) is 10.7. The molecular formula is C15H14N2O3. The van der Waals surface area contributed by atoms with E-state index >= 15 is 0 Å². The van der Waals surface area contributed by atoms with E-state index in [9.17, 15) is 5.11 Å². The summed E-state index contributed by atoms with van der Waals surface area (Å²) in [5, 5.41) is 10.2. The quantitative estimate of drug-likeness (QED) is 0.767. The number of para-hydroxylation sites is 1. The van der Waals surface area contributed by atoms with Crippen LogP contribution < -0.4 is 9.47 Å². The van der Waals surface area contributed by atoms with Crippen LogP contribution in [0.5, 0.6) is 17.2 Å². The van der Waals surface area contributed by atoms with Gasteiger partial charge in [-0.1, -0.05) is 6.07 Å². The highest BCUT2D eigenvalue weighted by atomic mass is 16.5. The van der Waals surface area contributed by atoms with Crippen molar-refractivity contribution in [3.05, 3.63) is 36.4 Å². The molecule has 102 valence electrons. The van der Waals surface area contributed by atoms with Gasteiger partial charge in [-0.05, 0) is 24.3 Å². The summed E-state index contributed by atoms with van der Waals surface area (Å²) in [6.45, 7) is 0. The van der Waals surface area contributed by atoms with E-state index in [1.165, 1.54) is 7.11 Å². The van der Waals surface area contributed by atoms with Gasteiger partial charge in [0.1, 0.15) is 11.6 Å². The number of fused-ring (bicyclic) bond motifs is 1. The van der Waals surface area contributed by atoms with Crippen LogP contribution in [-0.2, 0) is 0 Å².